The molecule has 2 heterocycles. The molecular formula is C54H32FeP2-8. The summed E-state index contributed by atoms with van der Waals surface area (Å²) in [7, 11) is -0.828. The van der Waals surface area contributed by atoms with Crippen molar-refractivity contribution in [1.82, 2.24) is 0 Å². The van der Waals surface area contributed by atoms with Crippen molar-refractivity contribution in [2.45, 2.75) is 24.6 Å². The van der Waals surface area contributed by atoms with Crippen LogP contribution >= 0.6 is 15.8 Å². The van der Waals surface area contributed by atoms with Gasteiger partial charge in [0.25, 0.3) is 0 Å². The van der Waals surface area contributed by atoms with Crippen molar-refractivity contribution in [1.29, 1.82) is 0 Å². The zero-order valence-corrected chi connectivity index (χ0v) is 33.8. The maximum Gasteiger partial charge on any atom is 2.00 e. The van der Waals surface area contributed by atoms with Crippen LogP contribution in [0.4, 0.5) is 0 Å². The summed E-state index contributed by atoms with van der Waals surface area (Å²) in [6.45, 7) is 0. The molecule has 2 aliphatic heterocycles. The molecule has 0 atom stereocenters. The first-order valence-electron chi connectivity index (χ1n) is 19.1. The van der Waals surface area contributed by atoms with Crippen molar-refractivity contribution in [3.05, 3.63) is 216 Å². The third kappa shape index (κ3) is 6.49. The summed E-state index contributed by atoms with van der Waals surface area (Å²) in [4.78, 5) is 0. The molecule has 0 N–H and O–H groups in total. The Labute approximate surface area is 347 Å². The summed E-state index contributed by atoms with van der Waals surface area (Å²) in [5, 5.41) is 12.9. The van der Waals surface area contributed by atoms with Gasteiger partial charge in [-0.25, -0.2) is 0 Å². The van der Waals surface area contributed by atoms with E-state index in [-0.39, 0.29) is 17.1 Å². The Morgan fingerprint density at radius 2 is 0.561 bits per heavy atom. The summed E-state index contributed by atoms with van der Waals surface area (Å²) >= 11 is 0. The molecule has 0 saturated carbocycles. The van der Waals surface area contributed by atoms with Gasteiger partial charge in [0.2, 0.25) is 0 Å². The van der Waals surface area contributed by atoms with Gasteiger partial charge < -0.3 is 59.1 Å². The first kappa shape index (κ1) is 36.2. The summed E-state index contributed by atoms with van der Waals surface area (Å²) in [6, 6.07) is 78.4. The molecule has 10 aromatic rings. The average molecular weight is 799 g/mol. The second-order valence-corrected chi connectivity index (χ2v) is 19.0. The molecule has 2 aliphatic rings. The van der Waals surface area contributed by atoms with E-state index in [0.717, 1.165) is 35.3 Å². The molecule has 10 aromatic carbocycles. The summed E-state index contributed by atoms with van der Waals surface area (Å²) < 4.78 is 0. The van der Waals surface area contributed by atoms with E-state index < -0.39 is 15.8 Å². The molecule has 0 unspecified atom stereocenters. The van der Waals surface area contributed by atoms with E-state index in [2.05, 4.69) is 194 Å². The van der Waals surface area contributed by atoms with E-state index in [0.29, 0.717) is 0 Å². The van der Waals surface area contributed by atoms with Crippen molar-refractivity contribution in [3.63, 3.8) is 0 Å². The van der Waals surface area contributed by atoms with Crippen LogP contribution in [0.2, 0.25) is 0 Å². The molecule has 274 valence electrons. The Bertz CT molecular complexity index is 2660. The molecule has 0 fully saturated rings. The Morgan fingerprint density at radius 1 is 0.316 bits per heavy atom. The molecule has 3 heteroatoms. The van der Waals surface area contributed by atoms with E-state index in [1.54, 1.807) is 0 Å². The van der Waals surface area contributed by atoms with Crippen LogP contribution in [0.25, 0.3) is 65.3 Å². The maximum absolute atomic E-state index is 3.26. The second-order valence-electron chi connectivity index (χ2n) is 14.7. The number of hydrogen-bond acceptors (Lipinski definition) is 0. The molecule has 0 saturated heterocycles. The number of fused-ring (bicyclic) bond motifs is 14. The van der Waals surface area contributed by atoms with Gasteiger partial charge in [-0.05, 0) is 112 Å². The molecule has 0 aliphatic carbocycles. The van der Waals surface area contributed by atoms with Crippen LogP contribution in [0.3, 0.4) is 0 Å². The van der Waals surface area contributed by atoms with Crippen molar-refractivity contribution >= 4 is 69.5 Å². The van der Waals surface area contributed by atoms with E-state index >= 15 is 0 Å². The fourth-order valence-corrected chi connectivity index (χ4v) is 13.4. The first-order chi connectivity index (χ1) is 27.8. The van der Waals surface area contributed by atoms with Crippen molar-refractivity contribution in [3.8, 4) is 22.3 Å². The predicted octanol–water partition coefficient (Wildman–Crippen LogP) is 12.8. The van der Waals surface area contributed by atoms with Crippen LogP contribution in [0.1, 0.15) is 22.3 Å². The quantitative estimate of drug-likeness (QED) is 0.0928. The number of benzene rings is 8. The Balaban J connectivity index is 0.000000137. The molecule has 12 rings (SSSR count). The van der Waals surface area contributed by atoms with Gasteiger partial charge >= 0.3 is 17.1 Å². The van der Waals surface area contributed by atoms with Crippen molar-refractivity contribution in [2.24, 2.45) is 0 Å². The van der Waals surface area contributed by atoms with E-state index in [1.807, 2.05) is 0 Å². The fourth-order valence-electron chi connectivity index (χ4n) is 8.97. The van der Waals surface area contributed by atoms with Crippen molar-refractivity contribution in [2.75, 3.05) is 0 Å². The third-order valence-electron chi connectivity index (χ3n) is 11.5. The van der Waals surface area contributed by atoms with Crippen LogP contribution in [-0.2, 0) is 41.7 Å². The fraction of sp³-hybridized carbons (Fsp3) is 0.0741. The minimum Gasteiger partial charge on any atom is -0.998 e. The molecule has 0 radical (unpaired) electrons. The van der Waals surface area contributed by atoms with E-state index in [4.69, 9.17) is 0 Å². The Kier molecular flexibility index (Phi) is 9.74. The normalized spacial score (nSPS) is 13.8. The van der Waals surface area contributed by atoms with Crippen LogP contribution in [0.5, 0.6) is 0 Å². The van der Waals surface area contributed by atoms with Crippen LogP contribution in [0, 0.1) is 48.5 Å². The summed E-state index contributed by atoms with van der Waals surface area (Å²) in [5.74, 6) is 0. The van der Waals surface area contributed by atoms with Gasteiger partial charge in [0.05, 0.1) is 0 Å². The number of hydrogen-bond donors (Lipinski definition) is 0. The van der Waals surface area contributed by atoms with Gasteiger partial charge in [0.15, 0.2) is 0 Å². The SMILES string of the molecule is [Fe+2].[c-]1[c-][c-][c-](P2Cc3ccc4ccccc4c3-c3c(ccc4ccccc34)C2)[c-]1.[c-]1[c-][c-][c-](P2Cc3ccc4ccccc4c3-c3c(ccc4ccccc34)C2)[c-]1. The molecule has 0 aromatic heterocycles. The first-order valence-corrected chi connectivity index (χ1v) is 22.5. The third-order valence-corrected chi connectivity index (χ3v) is 16.1. The maximum atomic E-state index is 3.26. The Morgan fingerprint density at radius 3 is 0.825 bits per heavy atom. The molecule has 57 heavy (non-hydrogen) atoms. The second kappa shape index (κ2) is 15.3. The van der Waals surface area contributed by atoms with E-state index in [1.165, 1.54) is 87.6 Å². The molecule has 0 nitrogen and oxygen atoms in total. The van der Waals surface area contributed by atoms with Crippen molar-refractivity contribution < 1.29 is 17.1 Å². The van der Waals surface area contributed by atoms with Gasteiger partial charge in [-0.3, -0.25) is 15.8 Å². The molecule has 0 amide bonds. The zero-order valence-electron chi connectivity index (χ0n) is 30.9. The average Bonchev–Trinajstić information content (AvgIpc) is 3.94. The monoisotopic (exact) mass is 798 g/mol. The van der Waals surface area contributed by atoms with Crippen LogP contribution < -0.4 is 10.6 Å². The van der Waals surface area contributed by atoms with Crippen LogP contribution in [0.15, 0.2) is 146 Å². The minimum absolute atomic E-state index is 0. The Hall–Kier alpha value is -5.12. The van der Waals surface area contributed by atoms with Crippen LogP contribution in [-0.4, -0.2) is 0 Å². The summed E-state index contributed by atoms with van der Waals surface area (Å²) in [6.07, 6.45) is 4.21. The summed E-state index contributed by atoms with van der Waals surface area (Å²) in [5.41, 5.74) is 11.4. The standard InChI is InChI=1S/2C27H16P.Fe/c2*1-5-11-24-19(7-1)13-15-21-17-28(23-9-3-4-10-23)18-22-16-14-20-8-2-6-12-25(20)27(22)26(21)24;/h2*1-2,5-8,11-16H,17-18H2;/q2*-5;+2. The van der Waals surface area contributed by atoms with E-state index in [9.17, 15) is 0 Å². The molecule has 0 spiro atoms. The minimum atomic E-state index is -0.414. The molecule has 0 bridgehead atoms. The largest absolute Gasteiger partial charge is 2.00 e. The van der Waals surface area contributed by atoms with Gasteiger partial charge in [-0.1, -0.05) is 146 Å². The van der Waals surface area contributed by atoms with Gasteiger partial charge in [0.1, 0.15) is 0 Å². The number of rotatable bonds is 2. The predicted molar refractivity (Wildman–Crippen MR) is 236 cm³/mol. The smallest absolute Gasteiger partial charge is 0.998 e. The topological polar surface area (TPSA) is 0 Å². The van der Waals surface area contributed by atoms with Gasteiger partial charge in [-0.2, -0.15) is 0 Å². The van der Waals surface area contributed by atoms with Gasteiger partial charge in [-0.15, -0.1) is 0 Å². The zero-order chi connectivity index (χ0) is 37.0. The molecular weight excluding hydrogens is 766 g/mol. The van der Waals surface area contributed by atoms with Gasteiger partial charge in [0, 0.05) is 0 Å².